The Morgan fingerprint density at radius 1 is 1.53 bits per heavy atom. The van der Waals surface area contributed by atoms with Crippen LogP contribution in [0.15, 0.2) is 18.2 Å². The maximum atomic E-state index is 11.9. The Balaban J connectivity index is 2.32. The van der Waals surface area contributed by atoms with Crippen molar-refractivity contribution in [3.05, 3.63) is 39.7 Å². The maximum absolute atomic E-state index is 11.9. The summed E-state index contributed by atoms with van der Waals surface area (Å²) < 4.78 is 3.87. The van der Waals surface area contributed by atoms with Gasteiger partial charge in [-0.3, -0.25) is 20.2 Å². The lowest BCUT2D eigenvalue weighted by Crippen LogP contribution is -2.13. The molecule has 98 valence electrons. The van der Waals surface area contributed by atoms with Crippen LogP contribution in [-0.4, -0.2) is 25.3 Å². The highest BCUT2D eigenvalue weighted by molar-refractivity contribution is 7.09. The molecule has 0 unspecified atom stereocenters. The fourth-order valence-electron chi connectivity index (χ4n) is 1.38. The van der Waals surface area contributed by atoms with Crippen molar-refractivity contribution in [1.82, 2.24) is 9.36 Å². The number of hydrogen-bond donors (Lipinski definition) is 2. The number of anilines is 1. The molecule has 9 heteroatoms. The van der Waals surface area contributed by atoms with Crippen molar-refractivity contribution in [1.29, 1.82) is 0 Å². The SMILES string of the molecule is Cc1nsc(NC(=O)c2cc(O)ccc2[N+](=O)[O-])n1. The van der Waals surface area contributed by atoms with Gasteiger partial charge in [-0.1, -0.05) is 0 Å². The molecule has 1 aromatic heterocycles. The molecule has 0 fully saturated rings. The number of amides is 1. The van der Waals surface area contributed by atoms with Crippen molar-refractivity contribution >= 4 is 28.3 Å². The number of nitro benzene ring substituents is 1. The Morgan fingerprint density at radius 2 is 2.26 bits per heavy atom. The van der Waals surface area contributed by atoms with Crippen LogP contribution in [0.3, 0.4) is 0 Å². The number of phenols is 1. The molecule has 0 atom stereocenters. The third-order valence-corrected chi connectivity index (χ3v) is 2.89. The van der Waals surface area contributed by atoms with Crippen molar-refractivity contribution in [3.63, 3.8) is 0 Å². The molecule has 0 saturated heterocycles. The molecule has 1 heterocycles. The predicted molar refractivity (Wildman–Crippen MR) is 67.4 cm³/mol. The lowest BCUT2D eigenvalue weighted by atomic mass is 10.1. The van der Waals surface area contributed by atoms with E-state index in [4.69, 9.17) is 0 Å². The van der Waals surface area contributed by atoms with Gasteiger partial charge in [0.15, 0.2) is 0 Å². The largest absolute Gasteiger partial charge is 0.508 e. The van der Waals surface area contributed by atoms with Crippen molar-refractivity contribution in [2.45, 2.75) is 6.92 Å². The average Bonchev–Trinajstić information content (AvgIpc) is 2.74. The Labute approximate surface area is 111 Å². The zero-order valence-electron chi connectivity index (χ0n) is 9.65. The minimum atomic E-state index is -0.723. The lowest BCUT2D eigenvalue weighted by molar-refractivity contribution is -0.385. The standard InChI is InChI=1S/C10H8N4O4S/c1-5-11-10(19-13-5)12-9(16)7-4-6(15)2-3-8(7)14(17)18/h2-4,15H,1H3,(H,11,12,13,16). The highest BCUT2D eigenvalue weighted by Gasteiger charge is 2.21. The minimum Gasteiger partial charge on any atom is -0.508 e. The van der Waals surface area contributed by atoms with Gasteiger partial charge in [0.05, 0.1) is 4.92 Å². The van der Waals surface area contributed by atoms with E-state index in [1.165, 1.54) is 0 Å². The average molecular weight is 280 g/mol. The van der Waals surface area contributed by atoms with E-state index in [1.54, 1.807) is 6.92 Å². The first kappa shape index (κ1) is 12.9. The molecule has 1 aromatic carbocycles. The summed E-state index contributed by atoms with van der Waals surface area (Å²) in [4.78, 5) is 25.9. The van der Waals surface area contributed by atoms with Crippen molar-refractivity contribution in [2.24, 2.45) is 0 Å². The summed E-state index contributed by atoms with van der Waals surface area (Å²) in [5.74, 6) is -0.464. The number of benzene rings is 1. The van der Waals surface area contributed by atoms with Gasteiger partial charge < -0.3 is 5.11 Å². The first-order chi connectivity index (χ1) is 8.97. The molecular formula is C10H8N4O4S. The Hall–Kier alpha value is -2.55. The fraction of sp³-hybridized carbons (Fsp3) is 0.100. The zero-order chi connectivity index (χ0) is 14.0. The fourth-order valence-corrected chi connectivity index (χ4v) is 1.95. The van der Waals surface area contributed by atoms with E-state index in [-0.39, 0.29) is 16.4 Å². The zero-order valence-corrected chi connectivity index (χ0v) is 10.5. The Kier molecular flexibility index (Phi) is 3.38. The number of phenolic OH excluding ortho intramolecular Hbond substituents is 1. The number of hydrogen-bond acceptors (Lipinski definition) is 7. The number of aromatic hydroxyl groups is 1. The topological polar surface area (TPSA) is 118 Å². The van der Waals surface area contributed by atoms with Crippen molar-refractivity contribution in [2.75, 3.05) is 5.32 Å². The summed E-state index contributed by atoms with van der Waals surface area (Å²) in [6, 6.07) is 3.24. The smallest absolute Gasteiger partial charge is 0.282 e. The number of aromatic nitrogens is 2. The van der Waals surface area contributed by atoms with Crippen LogP contribution < -0.4 is 5.32 Å². The molecule has 2 aromatic rings. The van der Waals surface area contributed by atoms with Crippen LogP contribution in [0.1, 0.15) is 16.2 Å². The molecule has 0 radical (unpaired) electrons. The molecule has 0 aliphatic carbocycles. The number of carbonyl (C=O) groups is 1. The quantitative estimate of drug-likeness (QED) is 0.652. The monoisotopic (exact) mass is 280 g/mol. The van der Waals surface area contributed by atoms with Gasteiger partial charge in [0.1, 0.15) is 17.1 Å². The third-order valence-electron chi connectivity index (χ3n) is 2.17. The second kappa shape index (κ2) is 4.98. The van der Waals surface area contributed by atoms with Crippen LogP contribution in [0.5, 0.6) is 5.75 Å². The van der Waals surface area contributed by atoms with Crippen LogP contribution in [-0.2, 0) is 0 Å². The van der Waals surface area contributed by atoms with E-state index >= 15 is 0 Å². The predicted octanol–water partition coefficient (Wildman–Crippen LogP) is 1.71. The molecule has 8 nitrogen and oxygen atoms in total. The molecule has 0 spiro atoms. The summed E-state index contributed by atoms with van der Waals surface area (Å²) in [5, 5.41) is 22.8. The summed E-state index contributed by atoms with van der Waals surface area (Å²) in [6.07, 6.45) is 0. The number of aryl methyl sites for hydroxylation is 1. The first-order valence-electron chi connectivity index (χ1n) is 5.06. The van der Waals surface area contributed by atoms with Crippen LogP contribution in [0.25, 0.3) is 0 Å². The van der Waals surface area contributed by atoms with Gasteiger partial charge in [0.2, 0.25) is 5.13 Å². The van der Waals surface area contributed by atoms with E-state index in [2.05, 4.69) is 14.7 Å². The molecule has 0 bridgehead atoms. The van der Waals surface area contributed by atoms with Gasteiger partial charge >= 0.3 is 0 Å². The molecule has 0 aliphatic heterocycles. The van der Waals surface area contributed by atoms with E-state index in [0.29, 0.717) is 5.82 Å². The highest BCUT2D eigenvalue weighted by atomic mass is 32.1. The molecule has 2 rings (SSSR count). The van der Waals surface area contributed by atoms with Crippen molar-refractivity contribution in [3.8, 4) is 5.75 Å². The number of nitro groups is 1. The Bertz CT molecular complexity index is 655. The minimum absolute atomic E-state index is 0.232. The number of carbonyl (C=O) groups excluding carboxylic acids is 1. The molecule has 0 aliphatic rings. The summed E-state index contributed by atoms with van der Waals surface area (Å²) in [7, 11) is 0. The number of nitrogens with one attached hydrogen (secondary N) is 1. The summed E-state index contributed by atoms with van der Waals surface area (Å²) in [5.41, 5.74) is -0.630. The second-order valence-electron chi connectivity index (χ2n) is 3.56. The maximum Gasteiger partial charge on any atom is 0.282 e. The molecular weight excluding hydrogens is 272 g/mol. The number of nitrogens with zero attached hydrogens (tertiary/aromatic N) is 3. The van der Waals surface area contributed by atoms with Gasteiger partial charge in [-0.2, -0.15) is 4.37 Å². The van der Waals surface area contributed by atoms with Crippen LogP contribution in [0, 0.1) is 17.0 Å². The van der Waals surface area contributed by atoms with E-state index in [0.717, 1.165) is 29.7 Å². The molecule has 19 heavy (non-hydrogen) atoms. The molecule has 1 amide bonds. The Morgan fingerprint density at radius 3 is 2.84 bits per heavy atom. The van der Waals surface area contributed by atoms with Gasteiger partial charge in [-0.15, -0.1) is 0 Å². The van der Waals surface area contributed by atoms with E-state index in [9.17, 15) is 20.0 Å². The molecule has 0 saturated carbocycles. The van der Waals surface area contributed by atoms with E-state index in [1.807, 2.05) is 0 Å². The molecule has 2 N–H and O–H groups in total. The summed E-state index contributed by atoms with van der Waals surface area (Å²) in [6.45, 7) is 1.66. The van der Waals surface area contributed by atoms with E-state index < -0.39 is 16.5 Å². The van der Waals surface area contributed by atoms with Crippen LogP contribution >= 0.6 is 11.5 Å². The normalized spacial score (nSPS) is 10.2. The van der Waals surface area contributed by atoms with Gasteiger partial charge in [-0.25, -0.2) is 4.98 Å². The van der Waals surface area contributed by atoms with Crippen molar-refractivity contribution < 1.29 is 14.8 Å². The van der Waals surface area contributed by atoms with Crippen LogP contribution in [0.2, 0.25) is 0 Å². The van der Waals surface area contributed by atoms with Crippen LogP contribution in [0.4, 0.5) is 10.8 Å². The number of rotatable bonds is 3. The first-order valence-corrected chi connectivity index (χ1v) is 5.84. The third kappa shape index (κ3) is 2.83. The lowest BCUT2D eigenvalue weighted by Gasteiger charge is -2.03. The second-order valence-corrected chi connectivity index (χ2v) is 4.31. The highest BCUT2D eigenvalue weighted by Crippen LogP contribution is 2.24. The van der Waals surface area contributed by atoms with Gasteiger partial charge in [0.25, 0.3) is 11.6 Å². The van der Waals surface area contributed by atoms with Gasteiger partial charge in [0, 0.05) is 17.6 Å². The van der Waals surface area contributed by atoms with Gasteiger partial charge in [-0.05, 0) is 19.1 Å². The summed E-state index contributed by atoms with van der Waals surface area (Å²) >= 11 is 0.966.